The van der Waals surface area contributed by atoms with Crippen LogP contribution < -0.4 is 0 Å². The zero-order valence-corrected chi connectivity index (χ0v) is 17.4. The van der Waals surface area contributed by atoms with Gasteiger partial charge < -0.3 is 0 Å². The van der Waals surface area contributed by atoms with Crippen LogP contribution in [0.1, 0.15) is 0 Å². The van der Waals surface area contributed by atoms with Gasteiger partial charge in [-0.25, -0.2) is 15.0 Å². The summed E-state index contributed by atoms with van der Waals surface area (Å²) in [6, 6.07) is 35.9. The molecule has 0 aliphatic carbocycles. The summed E-state index contributed by atoms with van der Waals surface area (Å²) >= 11 is 6.71. The van der Waals surface area contributed by atoms with E-state index in [1.54, 1.807) is 0 Å². The van der Waals surface area contributed by atoms with Gasteiger partial charge in [-0.2, -0.15) is 0 Å². The summed E-state index contributed by atoms with van der Waals surface area (Å²) in [5.41, 5.74) is 4.70. The molecule has 1 aromatic heterocycles. The van der Waals surface area contributed by atoms with E-state index in [-0.39, 0.29) is 0 Å². The van der Waals surface area contributed by atoms with Crippen molar-refractivity contribution >= 4 is 11.6 Å². The Balaban J connectivity index is 1.77. The summed E-state index contributed by atoms with van der Waals surface area (Å²) in [7, 11) is 0. The van der Waals surface area contributed by atoms with Crippen molar-refractivity contribution in [2.24, 2.45) is 0 Å². The quantitative estimate of drug-likeness (QED) is 0.309. The van der Waals surface area contributed by atoms with E-state index in [4.69, 9.17) is 26.6 Å². The molecule has 3 nitrogen and oxygen atoms in total. The minimum Gasteiger partial charge on any atom is -0.208 e. The molecule has 148 valence electrons. The molecule has 0 bridgehead atoms. The molecule has 4 aromatic carbocycles. The highest BCUT2D eigenvalue weighted by Gasteiger charge is 2.17. The van der Waals surface area contributed by atoms with Crippen LogP contribution in [-0.4, -0.2) is 15.0 Å². The number of halogens is 1. The van der Waals surface area contributed by atoms with E-state index in [9.17, 15) is 0 Å². The molecule has 0 saturated heterocycles. The molecule has 0 N–H and O–H groups in total. The smallest absolute Gasteiger partial charge is 0.166 e. The molecule has 0 fully saturated rings. The van der Waals surface area contributed by atoms with Crippen LogP contribution in [0.3, 0.4) is 0 Å². The summed E-state index contributed by atoms with van der Waals surface area (Å²) < 4.78 is 0. The third kappa shape index (κ3) is 3.96. The zero-order chi connectivity index (χ0) is 21.0. The number of nitrogens with zero attached hydrogens (tertiary/aromatic N) is 3. The SMILES string of the molecule is Clc1cccc(-c2ccccc2)c1-c1nc(-c2ccccc2)nc(-c2ccccc2)n1. The summed E-state index contributed by atoms with van der Waals surface area (Å²) in [5, 5.41) is 0.602. The summed E-state index contributed by atoms with van der Waals surface area (Å²) in [4.78, 5) is 14.4. The Morgan fingerprint density at radius 3 is 1.39 bits per heavy atom. The van der Waals surface area contributed by atoms with Crippen LogP contribution in [0.2, 0.25) is 5.02 Å². The number of rotatable bonds is 4. The highest BCUT2D eigenvalue weighted by Crippen LogP contribution is 2.37. The van der Waals surface area contributed by atoms with Gasteiger partial charge in [-0.1, -0.05) is 115 Å². The van der Waals surface area contributed by atoms with E-state index < -0.39 is 0 Å². The second-order valence-corrected chi connectivity index (χ2v) is 7.47. The Hall–Kier alpha value is -3.82. The largest absolute Gasteiger partial charge is 0.208 e. The van der Waals surface area contributed by atoms with Crippen molar-refractivity contribution in [1.82, 2.24) is 15.0 Å². The average molecular weight is 420 g/mol. The molecule has 0 saturated carbocycles. The Kier molecular flexibility index (Phi) is 5.26. The standard InChI is InChI=1S/C27H18ClN3/c28-23-18-10-17-22(19-11-4-1-5-12-19)24(23)27-30-25(20-13-6-2-7-14-20)29-26(31-27)21-15-8-3-9-16-21/h1-18H. The average Bonchev–Trinajstić information content (AvgIpc) is 2.85. The minimum atomic E-state index is 0.553. The molecule has 0 atom stereocenters. The molecule has 0 amide bonds. The van der Waals surface area contributed by atoms with Crippen molar-refractivity contribution in [3.8, 4) is 45.3 Å². The van der Waals surface area contributed by atoms with Crippen molar-refractivity contribution in [1.29, 1.82) is 0 Å². The van der Waals surface area contributed by atoms with Gasteiger partial charge in [0.05, 0.1) is 5.02 Å². The molecule has 0 radical (unpaired) electrons. The molecule has 5 aromatic rings. The van der Waals surface area contributed by atoms with Crippen molar-refractivity contribution in [2.45, 2.75) is 0 Å². The second-order valence-electron chi connectivity index (χ2n) is 7.07. The molecule has 0 spiro atoms. The monoisotopic (exact) mass is 419 g/mol. The lowest BCUT2D eigenvalue weighted by atomic mass is 9.99. The second kappa shape index (κ2) is 8.50. The molecule has 0 unspecified atom stereocenters. The number of aromatic nitrogens is 3. The molecular formula is C27H18ClN3. The fourth-order valence-corrected chi connectivity index (χ4v) is 3.79. The zero-order valence-electron chi connectivity index (χ0n) is 16.6. The van der Waals surface area contributed by atoms with Gasteiger partial charge in [0.2, 0.25) is 0 Å². The maximum absolute atomic E-state index is 6.71. The first-order chi connectivity index (χ1) is 15.3. The molecule has 31 heavy (non-hydrogen) atoms. The summed E-state index contributed by atoms with van der Waals surface area (Å²) in [6.07, 6.45) is 0. The van der Waals surface area contributed by atoms with Gasteiger partial charge in [-0.05, 0) is 17.2 Å². The van der Waals surface area contributed by atoms with E-state index >= 15 is 0 Å². The Bertz CT molecular complexity index is 1260. The first-order valence-electron chi connectivity index (χ1n) is 10.0. The summed E-state index contributed by atoms with van der Waals surface area (Å²) in [6.45, 7) is 0. The maximum Gasteiger partial charge on any atom is 0.166 e. The van der Waals surface area contributed by atoms with Crippen LogP contribution >= 0.6 is 11.6 Å². The first kappa shape index (κ1) is 19.2. The van der Waals surface area contributed by atoms with Gasteiger partial charge in [0.15, 0.2) is 17.5 Å². The fraction of sp³-hybridized carbons (Fsp3) is 0. The van der Waals surface area contributed by atoms with E-state index in [1.807, 2.05) is 97.1 Å². The Morgan fingerprint density at radius 2 is 0.871 bits per heavy atom. The number of benzene rings is 4. The van der Waals surface area contributed by atoms with E-state index in [0.717, 1.165) is 27.8 Å². The van der Waals surface area contributed by atoms with Gasteiger partial charge in [0.25, 0.3) is 0 Å². The molecule has 5 rings (SSSR count). The van der Waals surface area contributed by atoms with E-state index in [1.165, 1.54) is 0 Å². The van der Waals surface area contributed by atoms with Crippen LogP contribution in [-0.2, 0) is 0 Å². The highest BCUT2D eigenvalue weighted by atomic mass is 35.5. The van der Waals surface area contributed by atoms with Crippen molar-refractivity contribution in [3.05, 3.63) is 114 Å². The van der Waals surface area contributed by atoms with Gasteiger partial charge in [-0.3, -0.25) is 0 Å². The first-order valence-corrected chi connectivity index (χ1v) is 10.4. The maximum atomic E-state index is 6.71. The van der Waals surface area contributed by atoms with Gasteiger partial charge >= 0.3 is 0 Å². The van der Waals surface area contributed by atoms with Crippen molar-refractivity contribution in [2.75, 3.05) is 0 Å². The molecule has 1 heterocycles. The lowest BCUT2D eigenvalue weighted by Crippen LogP contribution is -2.01. The molecule has 0 aliphatic heterocycles. The van der Waals surface area contributed by atoms with Gasteiger partial charge in [0.1, 0.15) is 0 Å². The minimum absolute atomic E-state index is 0.553. The molecule has 0 aliphatic rings. The highest BCUT2D eigenvalue weighted by molar-refractivity contribution is 6.34. The predicted octanol–water partition coefficient (Wildman–Crippen LogP) is 7.19. The van der Waals surface area contributed by atoms with Gasteiger partial charge in [-0.15, -0.1) is 0 Å². The Morgan fingerprint density at radius 1 is 0.419 bits per heavy atom. The predicted molar refractivity (Wildman–Crippen MR) is 127 cm³/mol. The topological polar surface area (TPSA) is 38.7 Å². The number of hydrogen-bond acceptors (Lipinski definition) is 3. The lowest BCUT2D eigenvalue weighted by molar-refractivity contribution is 1.07. The third-order valence-electron chi connectivity index (χ3n) is 5.02. The summed E-state index contributed by atoms with van der Waals surface area (Å²) in [5.74, 6) is 1.78. The van der Waals surface area contributed by atoms with Crippen LogP contribution in [0, 0.1) is 0 Å². The Labute approximate surface area is 186 Å². The van der Waals surface area contributed by atoms with Crippen LogP contribution in [0.5, 0.6) is 0 Å². The van der Waals surface area contributed by atoms with Crippen LogP contribution in [0.25, 0.3) is 45.3 Å². The molecule has 4 heteroatoms. The van der Waals surface area contributed by atoms with E-state index in [2.05, 4.69) is 12.1 Å². The lowest BCUT2D eigenvalue weighted by Gasteiger charge is -2.13. The van der Waals surface area contributed by atoms with Crippen LogP contribution in [0.15, 0.2) is 109 Å². The fourth-order valence-electron chi connectivity index (χ4n) is 3.53. The van der Waals surface area contributed by atoms with Crippen molar-refractivity contribution in [3.63, 3.8) is 0 Å². The molecular weight excluding hydrogens is 402 g/mol. The normalized spacial score (nSPS) is 10.7. The van der Waals surface area contributed by atoms with Crippen molar-refractivity contribution < 1.29 is 0 Å². The third-order valence-corrected chi connectivity index (χ3v) is 5.34. The van der Waals surface area contributed by atoms with E-state index in [0.29, 0.717) is 22.5 Å². The van der Waals surface area contributed by atoms with Gasteiger partial charge in [0, 0.05) is 16.7 Å². The number of hydrogen-bond donors (Lipinski definition) is 0. The van der Waals surface area contributed by atoms with Crippen LogP contribution in [0.4, 0.5) is 0 Å².